The van der Waals surface area contributed by atoms with E-state index in [9.17, 15) is 9.59 Å². The Morgan fingerprint density at radius 3 is 2.62 bits per heavy atom. The second-order valence-electron chi connectivity index (χ2n) is 5.15. The number of anilines is 1. The number of rotatable bonds is 6. The molecule has 0 aromatic heterocycles. The zero-order valence-electron chi connectivity index (χ0n) is 13.5. The minimum absolute atomic E-state index is 0.112. The quantitative estimate of drug-likeness (QED) is 0.853. The Morgan fingerprint density at radius 1 is 1.08 bits per heavy atom. The molecule has 124 valence electrons. The van der Waals surface area contributed by atoms with Crippen molar-refractivity contribution in [1.82, 2.24) is 5.32 Å². The van der Waals surface area contributed by atoms with Crippen molar-refractivity contribution >= 4 is 23.8 Å². The summed E-state index contributed by atoms with van der Waals surface area (Å²) in [6.45, 7) is 2.07. The van der Waals surface area contributed by atoms with E-state index >= 15 is 0 Å². The molecular weight excluding hydrogens is 304 g/mol. The van der Waals surface area contributed by atoms with E-state index in [0.717, 1.165) is 16.8 Å². The van der Waals surface area contributed by atoms with E-state index < -0.39 is 6.09 Å². The predicted octanol–water partition coefficient (Wildman–Crippen LogP) is 3.58. The summed E-state index contributed by atoms with van der Waals surface area (Å²) in [5, 5.41) is 5.38. The third-order valence-corrected chi connectivity index (χ3v) is 3.09. The third kappa shape index (κ3) is 6.36. The van der Waals surface area contributed by atoms with Crippen molar-refractivity contribution < 1.29 is 14.3 Å². The van der Waals surface area contributed by atoms with Crippen LogP contribution in [0.4, 0.5) is 10.5 Å². The van der Waals surface area contributed by atoms with Crippen LogP contribution in [0.2, 0.25) is 0 Å². The highest BCUT2D eigenvalue weighted by Gasteiger charge is 2.00. The lowest BCUT2D eigenvalue weighted by molar-refractivity contribution is -0.114. The van der Waals surface area contributed by atoms with Crippen LogP contribution in [-0.2, 0) is 16.1 Å². The SMILES string of the molecule is CC(=O)Nc1cccc(C=CCNC(=O)OCc2ccccc2)c1. The van der Waals surface area contributed by atoms with Crippen molar-refractivity contribution in [3.63, 3.8) is 0 Å². The Kier molecular flexibility index (Phi) is 6.58. The predicted molar refractivity (Wildman–Crippen MR) is 94.4 cm³/mol. The van der Waals surface area contributed by atoms with Gasteiger partial charge in [0.25, 0.3) is 0 Å². The van der Waals surface area contributed by atoms with E-state index in [0.29, 0.717) is 6.54 Å². The molecule has 24 heavy (non-hydrogen) atoms. The van der Waals surface area contributed by atoms with E-state index in [-0.39, 0.29) is 12.5 Å². The molecule has 0 radical (unpaired) electrons. The molecule has 0 heterocycles. The summed E-state index contributed by atoms with van der Waals surface area (Å²) in [5.74, 6) is -0.112. The number of amides is 2. The van der Waals surface area contributed by atoms with Crippen molar-refractivity contribution in [3.8, 4) is 0 Å². The molecule has 5 nitrogen and oxygen atoms in total. The van der Waals surface area contributed by atoms with Gasteiger partial charge < -0.3 is 15.4 Å². The number of hydrogen-bond donors (Lipinski definition) is 2. The highest BCUT2D eigenvalue weighted by Crippen LogP contribution is 2.11. The van der Waals surface area contributed by atoms with E-state index in [1.54, 1.807) is 0 Å². The van der Waals surface area contributed by atoms with Crippen LogP contribution in [0.15, 0.2) is 60.7 Å². The van der Waals surface area contributed by atoms with Gasteiger partial charge >= 0.3 is 6.09 Å². The van der Waals surface area contributed by atoms with Crippen LogP contribution >= 0.6 is 0 Å². The van der Waals surface area contributed by atoms with Gasteiger partial charge in [0.1, 0.15) is 6.61 Å². The summed E-state index contributed by atoms with van der Waals surface area (Å²) in [7, 11) is 0. The molecule has 5 heteroatoms. The Balaban J connectivity index is 1.74. The fraction of sp³-hybridized carbons (Fsp3) is 0.158. The fourth-order valence-electron chi connectivity index (χ4n) is 2.03. The van der Waals surface area contributed by atoms with E-state index in [1.165, 1.54) is 6.92 Å². The van der Waals surface area contributed by atoms with Crippen molar-refractivity contribution in [2.24, 2.45) is 0 Å². The van der Waals surface area contributed by atoms with Gasteiger partial charge in [0.2, 0.25) is 5.91 Å². The molecule has 2 aromatic rings. The molecule has 2 N–H and O–H groups in total. The topological polar surface area (TPSA) is 67.4 Å². The summed E-state index contributed by atoms with van der Waals surface area (Å²) in [6, 6.07) is 16.9. The highest BCUT2D eigenvalue weighted by molar-refractivity contribution is 5.88. The number of hydrogen-bond acceptors (Lipinski definition) is 3. The van der Waals surface area contributed by atoms with Crippen LogP contribution in [-0.4, -0.2) is 18.5 Å². The van der Waals surface area contributed by atoms with Crippen LogP contribution < -0.4 is 10.6 Å². The number of benzene rings is 2. The average molecular weight is 324 g/mol. The molecule has 0 aliphatic heterocycles. The van der Waals surface area contributed by atoms with E-state index in [1.807, 2.05) is 66.7 Å². The molecule has 0 saturated carbocycles. The number of nitrogens with one attached hydrogen (secondary N) is 2. The molecule has 2 rings (SSSR count). The minimum atomic E-state index is -0.462. The van der Waals surface area contributed by atoms with Crippen molar-refractivity contribution in [2.75, 3.05) is 11.9 Å². The molecule has 0 atom stereocenters. The van der Waals surface area contributed by atoms with Gasteiger partial charge in [-0.05, 0) is 23.3 Å². The second-order valence-corrected chi connectivity index (χ2v) is 5.15. The zero-order chi connectivity index (χ0) is 17.2. The van der Waals surface area contributed by atoms with Gasteiger partial charge in [0, 0.05) is 19.2 Å². The maximum absolute atomic E-state index is 11.6. The Bertz CT molecular complexity index is 712. The Morgan fingerprint density at radius 2 is 1.88 bits per heavy atom. The first kappa shape index (κ1) is 17.3. The van der Waals surface area contributed by atoms with Gasteiger partial charge in [0.05, 0.1) is 0 Å². The number of carbonyl (C=O) groups is 2. The molecule has 0 unspecified atom stereocenters. The third-order valence-electron chi connectivity index (χ3n) is 3.09. The largest absolute Gasteiger partial charge is 0.445 e. The van der Waals surface area contributed by atoms with Crippen molar-refractivity contribution in [1.29, 1.82) is 0 Å². The lowest BCUT2D eigenvalue weighted by Gasteiger charge is -2.05. The lowest BCUT2D eigenvalue weighted by atomic mass is 10.2. The molecule has 0 spiro atoms. The fourth-order valence-corrected chi connectivity index (χ4v) is 2.03. The van der Waals surface area contributed by atoms with E-state index in [2.05, 4.69) is 10.6 Å². The van der Waals surface area contributed by atoms with Crippen LogP contribution in [0.25, 0.3) is 6.08 Å². The van der Waals surface area contributed by atoms with E-state index in [4.69, 9.17) is 4.74 Å². The second kappa shape index (κ2) is 9.15. The minimum Gasteiger partial charge on any atom is -0.445 e. The zero-order valence-corrected chi connectivity index (χ0v) is 13.5. The summed E-state index contributed by atoms with van der Waals surface area (Å²) >= 11 is 0. The van der Waals surface area contributed by atoms with Crippen molar-refractivity contribution in [2.45, 2.75) is 13.5 Å². The van der Waals surface area contributed by atoms with Crippen LogP contribution in [0.1, 0.15) is 18.1 Å². The van der Waals surface area contributed by atoms with Crippen LogP contribution in [0, 0.1) is 0 Å². The normalized spacial score (nSPS) is 10.4. The Labute approximate surface area is 141 Å². The average Bonchev–Trinajstić information content (AvgIpc) is 2.58. The number of ether oxygens (including phenoxy) is 1. The summed E-state index contributed by atoms with van der Waals surface area (Å²) in [5.41, 5.74) is 2.61. The van der Waals surface area contributed by atoms with Gasteiger partial charge in [-0.2, -0.15) is 0 Å². The van der Waals surface area contributed by atoms with Crippen LogP contribution in [0.3, 0.4) is 0 Å². The first-order valence-corrected chi connectivity index (χ1v) is 7.62. The lowest BCUT2D eigenvalue weighted by Crippen LogP contribution is -2.24. The molecule has 0 fully saturated rings. The van der Waals surface area contributed by atoms with Gasteiger partial charge in [0.15, 0.2) is 0 Å². The molecule has 0 aliphatic rings. The maximum Gasteiger partial charge on any atom is 0.407 e. The summed E-state index contributed by atoms with van der Waals surface area (Å²) in [4.78, 5) is 22.6. The smallest absolute Gasteiger partial charge is 0.407 e. The summed E-state index contributed by atoms with van der Waals surface area (Å²) in [6.07, 6.45) is 3.22. The standard InChI is InChI=1S/C19H20N2O3/c1-15(22)21-18-11-5-9-16(13-18)10-6-12-20-19(23)24-14-17-7-3-2-4-8-17/h2-11,13H,12,14H2,1H3,(H,20,23)(H,21,22). The maximum atomic E-state index is 11.6. The molecule has 2 aromatic carbocycles. The number of carbonyl (C=O) groups excluding carboxylic acids is 2. The highest BCUT2D eigenvalue weighted by atomic mass is 16.5. The monoisotopic (exact) mass is 324 g/mol. The molecule has 0 saturated heterocycles. The first-order chi connectivity index (χ1) is 11.6. The molecule has 0 aliphatic carbocycles. The van der Waals surface area contributed by atoms with Gasteiger partial charge in [-0.15, -0.1) is 0 Å². The molecule has 0 bridgehead atoms. The molecule has 2 amide bonds. The van der Waals surface area contributed by atoms with Gasteiger partial charge in [-0.3, -0.25) is 4.79 Å². The van der Waals surface area contributed by atoms with Crippen molar-refractivity contribution in [3.05, 3.63) is 71.8 Å². The van der Waals surface area contributed by atoms with Gasteiger partial charge in [-0.1, -0.05) is 54.6 Å². The Hall–Kier alpha value is -3.08. The summed E-state index contributed by atoms with van der Waals surface area (Å²) < 4.78 is 5.11. The van der Waals surface area contributed by atoms with Crippen LogP contribution in [0.5, 0.6) is 0 Å². The molecular formula is C19H20N2O3. The van der Waals surface area contributed by atoms with Gasteiger partial charge in [-0.25, -0.2) is 4.79 Å². The first-order valence-electron chi connectivity index (χ1n) is 7.62. The number of alkyl carbamates (subject to hydrolysis) is 1.